The number of hydrogen-bond donors (Lipinski definition) is 1. The number of benzene rings is 2. The molecule has 4 rings (SSSR count). The Morgan fingerprint density at radius 3 is 2.31 bits per heavy atom. The molecule has 1 saturated heterocycles. The highest BCUT2D eigenvalue weighted by Gasteiger charge is 2.54. The normalized spacial score (nSPS) is 26.2. The average molecular weight is 521 g/mol. The number of rotatable bonds is 6. The van der Waals surface area contributed by atoms with E-state index in [9.17, 15) is 9.90 Å². The molecule has 2 fully saturated rings. The highest BCUT2D eigenvalue weighted by atomic mass is 35.5. The SMILES string of the molecule is CC(C)(C)CC1C(c2ccc(Cl)cc2F)C(c2cccc(Cl)c2)C(C(=O)O)N1CC1CCCCC1. The smallest absolute Gasteiger partial charge is 0.321 e. The van der Waals surface area contributed by atoms with Crippen LogP contribution in [0.2, 0.25) is 10.0 Å². The molecule has 1 aliphatic carbocycles. The Morgan fingerprint density at radius 1 is 1.03 bits per heavy atom. The number of carboxylic acids is 1. The molecular formula is C29H36Cl2FNO2. The maximum absolute atomic E-state index is 15.5. The molecule has 1 heterocycles. The minimum absolute atomic E-state index is 0.0666. The number of carboxylic acid groups (broad SMARTS) is 1. The summed E-state index contributed by atoms with van der Waals surface area (Å²) in [6.45, 7) is 7.23. The lowest BCUT2D eigenvalue weighted by molar-refractivity contribution is -0.143. The minimum Gasteiger partial charge on any atom is -0.480 e. The molecule has 1 saturated carbocycles. The van der Waals surface area contributed by atoms with E-state index in [4.69, 9.17) is 23.2 Å². The van der Waals surface area contributed by atoms with E-state index in [0.717, 1.165) is 31.4 Å². The molecule has 3 nitrogen and oxygen atoms in total. The van der Waals surface area contributed by atoms with E-state index in [0.29, 0.717) is 21.5 Å². The predicted octanol–water partition coefficient (Wildman–Crippen LogP) is 8.15. The van der Waals surface area contributed by atoms with Crippen LogP contribution in [0.4, 0.5) is 4.39 Å². The van der Waals surface area contributed by atoms with E-state index in [-0.39, 0.29) is 23.2 Å². The van der Waals surface area contributed by atoms with Crippen molar-refractivity contribution >= 4 is 29.2 Å². The topological polar surface area (TPSA) is 40.5 Å². The first-order chi connectivity index (χ1) is 16.5. The van der Waals surface area contributed by atoms with E-state index < -0.39 is 17.9 Å². The zero-order valence-corrected chi connectivity index (χ0v) is 22.3. The number of likely N-dealkylation sites (tertiary alicyclic amines) is 1. The molecule has 2 aliphatic rings. The molecule has 0 radical (unpaired) electrons. The fourth-order valence-corrected chi connectivity index (χ4v) is 6.77. The molecule has 2 aromatic rings. The second kappa shape index (κ2) is 10.8. The summed E-state index contributed by atoms with van der Waals surface area (Å²) >= 11 is 12.5. The fraction of sp³-hybridized carbons (Fsp3) is 0.552. The van der Waals surface area contributed by atoms with Crippen LogP contribution in [-0.2, 0) is 4.79 Å². The highest BCUT2D eigenvalue weighted by Crippen LogP contribution is 2.52. The molecule has 0 amide bonds. The molecule has 1 aliphatic heterocycles. The van der Waals surface area contributed by atoms with E-state index in [1.54, 1.807) is 18.2 Å². The second-order valence-electron chi connectivity index (χ2n) is 11.6. The van der Waals surface area contributed by atoms with Gasteiger partial charge in [0.25, 0.3) is 0 Å². The van der Waals surface area contributed by atoms with Gasteiger partial charge in [0.15, 0.2) is 0 Å². The molecule has 4 unspecified atom stereocenters. The maximum Gasteiger partial charge on any atom is 0.321 e. The molecule has 2 aromatic carbocycles. The minimum atomic E-state index is -0.860. The lowest BCUT2D eigenvalue weighted by Gasteiger charge is -2.37. The Labute approximate surface area is 218 Å². The van der Waals surface area contributed by atoms with Gasteiger partial charge in [-0.05, 0) is 66.0 Å². The summed E-state index contributed by atoms with van der Waals surface area (Å²) in [6.07, 6.45) is 6.61. The average Bonchev–Trinajstić information content (AvgIpc) is 3.07. The first-order valence-corrected chi connectivity index (χ1v) is 13.5. The first kappa shape index (κ1) is 26.4. The monoisotopic (exact) mass is 519 g/mol. The fourth-order valence-electron chi connectivity index (χ4n) is 6.41. The Kier molecular flexibility index (Phi) is 8.15. The van der Waals surface area contributed by atoms with Gasteiger partial charge in [0.05, 0.1) is 0 Å². The first-order valence-electron chi connectivity index (χ1n) is 12.7. The van der Waals surface area contributed by atoms with Crippen LogP contribution in [-0.4, -0.2) is 34.6 Å². The van der Waals surface area contributed by atoms with Gasteiger partial charge >= 0.3 is 5.97 Å². The van der Waals surface area contributed by atoms with Crippen molar-refractivity contribution in [2.45, 2.75) is 83.2 Å². The van der Waals surface area contributed by atoms with Crippen molar-refractivity contribution in [3.63, 3.8) is 0 Å². The number of nitrogens with zero attached hydrogens (tertiary/aromatic N) is 1. The van der Waals surface area contributed by atoms with E-state index in [2.05, 4.69) is 25.7 Å². The molecule has 0 bridgehead atoms. The van der Waals surface area contributed by atoms with Crippen LogP contribution >= 0.6 is 23.2 Å². The van der Waals surface area contributed by atoms with Gasteiger partial charge in [-0.15, -0.1) is 0 Å². The van der Waals surface area contributed by atoms with Gasteiger partial charge in [-0.2, -0.15) is 0 Å². The molecule has 6 heteroatoms. The van der Waals surface area contributed by atoms with Crippen molar-refractivity contribution in [3.8, 4) is 0 Å². The summed E-state index contributed by atoms with van der Waals surface area (Å²) in [5, 5.41) is 11.5. The Hall–Kier alpha value is -1.62. The van der Waals surface area contributed by atoms with Crippen LogP contribution in [0.3, 0.4) is 0 Å². The van der Waals surface area contributed by atoms with Crippen LogP contribution < -0.4 is 0 Å². The van der Waals surface area contributed by atoms with Gasteiger partial charge in [-0.1, -0.05) is 81.4 Å². The summed E-state index contributed by atoms with van der Waals surface area (Å²) in [6, 6.07) is 11.3. The largest absolute Gasteiger partial charge is 0.480 e. The number of hydrogen-bond acceptors (Lipinski definition) is 2. The zero-order chi connectivity index (χ0) is 25.3. The Morgan fingerprint density at radius 2 is 1.71 bits per heavy atom. The van der Waals surface area contributed by atoms with Crippen molar-refractivity contribution in [2.75, 3.05) is 6.54 Å². The van der Waals surface area contributed by atoms with E-state index in [1.807, 2.05) is 18.2 Å². The zero-order valence-electron chi connectivity index (χ0n) is 20.8. The van der Waals surface area contributed by atoms with Gasteiger partial charge in [0.1, 0.15) is 11.9 Å². The molecule has 0 aromatic heterocycles. The summed E-state index contributed by atoms with van der Waals surface area (Å²) in [7, 11) is 0. The van der Waals surface area contributed by atoms with Crippen LogP contribution in [0.15, 0.2) is 42.5 Å². The molecule has 0 spiro atoms. The summed E-state index contributed by atoms with van der Waals surface area (Å²) in [5.74, 6) is -1.55. The molecular weight excluding hydrogens is 484 g/mol. The highest BCUT2D eigenvalue weighted by molar-refractivity contribution is 6.30. The van der Waals surface area contributed by atoms with Gasteiger partial charge in [0.2, 0.25) is 0 Å². The van der Waals surface area contributed by atoms with Gasteiger partial charge in [-0.25, -0.2) is 4.39 Å². The van der Waals surface area contributed by atoms with Gasteiger partial charge in [-0.3, -0.25) is 9.69 Å². The maximum atomic E-state index is 15.5. The number of carbonyl (C=O) groups is 1. The molecule has 4 atom stereocenters. The standard InChI is InChI=1S/C29H36Cl2FNO2/c1-29(2,3)16-24-26(22-13-12-21(31)15-23(22)32)25(19-10-7-11-20(30)14-19)27(28(34)35)33(24)17-18-8-5-4-6-9-18/h7,10-15,18,24-27H,4-6,8-9,16-17H2,1-3H3,(H,34,35). The summed E-state index contributed by atoms with van der Waals surface area (Å²) in [5.41, 5.74) is 1.31. The Balaban J connectivity index is 1.89. The van der Waals surface area contributed by atoms with Gasteiger partial charge < -0.3 is 5.11 Å². The quantitative estimate of drug-likeness (QED) is 0.418. The van der Waals surface area contributed by atoms with E-state index in [1.165, 1.54) is 25.3 Å². The van der Waals surface area contributed by atoms with Crippen LogP contribution in [0.5, 0.6) is 0 Å². The molecule has 190 valence electrons. The van der Waals surface area contributed by atoms with Crippen LogP contribution in [0, 0.1) is 17.2 Å². The number of halogens is 3. The van der Waals surface area contributed by atoms with Crippen LogP contribution in [0.25, 0.3) is 0 Å². The third-order valence-corrected chi connectivity index (χ3v) is 8.22. The Bertz CT molecular complexity index is 1050. The van der Waals surface area contributed by atoms with Gasteiger partial charge in [0, 0.05) is 34.5 Å². The summed E-state index contributed by atoms with van der Waals surface area (Å²) < 4.78 is 15.5. The van der Waals surface area contributed by atoms with Crippen molar-refractivity contribution in [3.05, 3.63) is 69.5 Å². The third-order valence-electron chi connectivity index (χ3n) is 7.75. The third kappa shape index (κ3) is 6.03. The van der Waals surface area contributed by atoms with E-state index >= 15 is 4.39 Å². The lowest BCUT2D eigenvalue weighted by atomic mass is 9.74. The van der Waals surface area contributed by atoms with Crippen LogP contribution in [0.1, 0.15) is 82.3 Å². The second-order valence-corrected chi connectivity index (χ2v) is 12.5. The van der Waals surface area contributed by atoms with Crippen molar-refractivity contribution in [1.29, 1.82) is 0 Å². The van der Waals surface area contributed by atoms with Crippen molar-refractivity contribution in [1.82, 2.24) is 4.90 Å². The summed E-state index contributed by atoms with van der Waals surface area (Å²) in [4.78, 5) is 15.2. The molecule has 35 heavy (non-hydrogen) atoms. The van der Waals surface area contributed by atoms with Crippen molar-refractivity contribution in [2.24, 2.45) is 11.3 Å². The number of aliphatic carboxylic acids is 1. The molecule has 1 N–H and O–H groups in total. The lowest BCUT2D eigenvalue weighted by Crippen LogP contribution is -2.46. The predicted molar refractivity (Wildman–Crippen MR) is 141 cm³/mol. The van der Waals surface area contributed by atoms with Crippen molar-refractivity contribution < 1.29 is 14.3 Å².